The second-order valence-electron chi connectivity index (χ2n) is 7.56. The lowest BCUT2D eigenvalue weighted by Gasteiger charge is -2.42. The quantitative estimate of drug-likeness (QED) is 0.803. The average Bonchev–Trinajstić information content (AvgIpc) is 2.95. The van der Waals surface area contributed by atoms with E-state index in [-0.39, 0.29) is 30.6 Å². The molecule has 5 nitrogen and oxygen atoms in total. The van der Waals surface area contributed by atoms with Crippen molar-refractivity contribution in [1.82, 2.24) is 9.21 Å². The molecule has 2 aliphatic rings. The van der Waals surface area contributed by atoms with Gasteiger partial charge in [-0.3, -0.25) is 4.90 Å². The van der Waals surface area contributed by atoms with Crippen molar-refractivity contribution >= 4 is 21.6 Å². The van der Waals surface area contributed by atoms with Gasteiger partial charge in [0.25, 0.3) is 0 Å². The number of piperidine rings is 1. The Hall–Kier alpha value is -0.870. The molecule has 152 valence electrons. The molecule has 10 heteroatoms. The summed E-state index contributed by atoms with van der Waals surface area (Å²) in [6.07, 6.45) is -2.71. The zero-order valence-electron chi connectivity index (χ0n) is 14.8. The fourth-order valence-electron chi connectivity index (χ4n) is 4.07. The number of hydrogen-bond acceptors (Lipinski definition) is 4. The predicted molar refractivity (Wildman–Crippen MR) is 95.8 cm³/mol. The highest BCUT2D eigenvalue weighted by molar-refractivity contribution is 7.88. The first-order chi connectivity index (χ1) is 12.4. The molecule has 1 aromatic carbocycles. The molecule has 0 saturated carbocycles. The highest BCUT2D eigenvalue weighted by Crippen LogP contribution is 2.43. The maximum absolute atomic E-state index is 13.0. The normalized spacial score (nSPS) is 27.7. The second kappa shape index (κ2) is 7.18. The van der Waals surface area contributed by atoms with Gasteiger partial charge in [-0.25, -0.2) is 12.7 Å². The van der Waals surface area contributed by atoms with Crippen molar-refractivity contribution in [2.75, 3.05) is 39.0 Å². The zero-order chi connectivity index (χ0) is 20.0. The van der Waals surface area contributed by atoms with Gasteiger partial charge in [-0.15, -0.1) is 0 Å². The van der Waals surface area contributed by atoms with Crippen LogP contribution in [0.2, 0.25) is 5.02 Å². The maximum Gasteiger partial charge on any atom is 0.416 e. The molecule has 2 atom stereocenters. The summed E-state index contributed by atoms with van der Waals surface area (Å²) in [5, 5.41) is 10.2. The van der Waals surface area contributed by atoms with Crippen molar-refractivity contribution in [3.8, 4) is 0 Å². The molecule has 1 N–H and O–H groups in total. The van der Waals surface area contributed by atoms with Crippen LogP contribution in [0.4, 0.5) is 13.2 Å². The van der Waals surface area contributed by atoms with Crippen molar-refractivity contribution in [2.24, 2.45) is 11.3 Å². The summed E-state index contributed by atoms with van der Waals surface area (Å²) < 4.78 is 64.0. The standard InChI is InChI=1S/C17H22ClF3N2O3S/c1-27(25,26)23-9-14-8-22(5-4-16(14,10-23)11-24)7-12-6-13(17(19,20)21)2-3-15(12)18/h2-3,6,14,24H,4-5,7-11H2,1H3/t14-,16+/m1/s1. The first kappa shape index (κ1) is 20.9. The Morgan fingerprint density at radius 3 is 2.63 bits per heavy atom. The molecule has 1 aromatic rings. The van der Waals surface area contributed by atoms with E-state index in [0.717, 1.165) is 18.4 Å². The number of aliphatic hydroxyl groups excluding tert-OH is 1. The van der Waals surface area contributed by atoms with E-state index in [0.29, 0.717) is 31.6 Å². The smallest absolute Gasteiger partial charge is 0.396 e. The predicted octanol–water partition coefficient (Wildman–Crippen LogP) is 2.43. The fraction of sp³-hybridized carbons (Fsp3) is 0.647. The van der Waals surface area contributed by atoms with Gasteiger partial charge in [-0.05, 0) is 42.6 Å². The lowest BCUT2D eigenvalue weighted by Crippen LogP contribution is -2.48. The van der Waals surface area contributed by atoms with E-state index in [1.165, 1.54) is 10.4 Å². The van der Waals surface area contributed by atoms with Crippen molar-refractivity contribution in [3.05, 3.63) is 34.3 Å². The number of fused-ring (bicyclic) bond motifs is 1. The number of rotatable bonds is 4. The number of nitrogens with zero attached hydrogens (tertiary/aromatic N) is 2. The highest BCUT2D eigenvalue weighted by atomic mass is 35.5. The third-order valence-electron chi connectivity index (χ3n) is 5.74. The molecule has 0 aromatic heterocycles. The van der Waals surface area contributed by atoms with E-state index in [1.807, 2.05) is 4.90 Å². The maximum atomic E-state index is 13.0. The molecule has 2 fully saturated rings. The molecule has 0 spiro atoms. The summed E-state index contributed by atoms with van der Waals surface area (Å²) in [5.41, 5.74) is -0.842. The zero-order valence-corrected chi connectivity index (χ0v) is 16.4. The Kier molecular flexibility index (Phi) is 5.55. The molecule has 0 unspecified atom stereocenters. The lowest BCUT2D eigenvalue weighted by molar-refractivity contribution is -0.137. The molecule has 0 bridgehead atoms. The van der Waals surface area contributed by atoms with E-state index < -0.39 is 27.2 Å². The van der Waals surface area contributed by atoms with Crippen LogP contribution < -0.4 is 0 Å². The largest absolute Gasteiger partial charge is 0.416 e. The van der Waals surface area contributed by atoms with Crippen LogP contribution in [0, 0.1) is 11.3 Å². The second-order valence-corrected chi connectivity index (χ2v) is 9.95. The summed E-state index contributed by atoms with van der Waals surface area (Å²) in [6, 6.07) is 3.27. The average molecular weight is 427 g/mol. The first-order valence-corrected chi connectivity index (χ1v) is 10.8. The Morgan fingerprint density at radius 2 is 2.04 bits per heavy atom. The Morgan fingerprint density at radius 1 is 1.33 bits per heavy atom. The summed E-state index contributed by atoms with van der Waals surface area (Å²) in [4.78, 5) is 1.98. The van der Waals surface area contributed by atoms with Crippen LogP contribution in [0.15, 0.2) is 18.2 Å². The van der Waals surface area contributed by atoms with Crippen molar-refractivity contribution < 1.29 is 26.7 Å². The minimum atomic E-state index is -4.44. The Bertz CT molecular complexity index is 818. The molecule has 2 heterocycles. The SMILES string of the molecule is CS(=O)(=O)N1C[C@H]2CN(Cc3cc(C(F)(F)F)ccc3Cl)CC[C@@]2(CO)C1. The van der Waals surface area contributed by atoms with E-state index >= 15 is 0 Å². The molecule has 2 aliphatic heterocycles. The summed E-state index contributed by atoms with van der Waals surface area (Å²) >= 11 is 6.09. The van der Waals surface area contributed by atoms with Gasteiger partial charge in [0.05, 0.1) is 18.4 Å². The topological polar surface area (TPSA) is 60.9 Å². The molecular weight excluding hydrogens is 405 g/mol. The van der Waals surface area contributed by atoms with Crippen LogP contribution in [-0.4, -0.2) is 61.8 Å². The monoisotopic (exact) mass is 426 g/mol. The number of sulfonamides is 1. The van der Waals surface area contributed by atoms with Crippen LogP contribution in [-0.2, 0) is 22.7 Å². The van der Waals surface area contributed by atoms with Crippen LogP contribution in [0.1, 0.15) is 17.5 Å². The lowest BCUT2D eigenvalue weighted by atomic mass is 9.73. The number of halogens is 4. The van der Waals surface area contributed by atoms with Gasteiger partial charge in [0.1, 0.15) is 0 Å². The van der Waals surface area contributed by atoms with Crippen molar-refractivity contribution in [3.63, 3.8) is 0 Å². The molecule has 0 aliphatic carbocycles. The fourth-order valence-corrected chi connectivity index (χ4v) is 5.19. The van der Waals surface area contributed by atoms with Crippen LogP contribution in [0.5, 0.6) is 0 Å². The van der Waals surface area contributed by atoms with Crippen molar-refractivity contribution in [1.29, 1.82) is 0 Å². The molecule has 2 saturated heterocycles. The minimum absolute atomic E-state index is 0.0736. The van der Waals surface area contributed by atoms with Gasteiger partial charge < -0.3 is 5.11 Å². The van der Waals surface area contributed by atoms with E-state index in [4.69, 9.17) is 11.6 Å². The Labute approximate surface area is 161 Å². The Balaban J connectivity index is 1.77. The number of hydrogen-bond donors (Lipinski definition) is 1. The number of benzene rings is 1. The molecular formula is C17H22ClF3N2O3S. The number of alkyl halides is 3. The summed E-state index contributed by atoms with van der Waals surface area (Å²) in [6.45, 7) is 1.79. The number of aliphatic hydroxyl groups is 1. The molecule has 3 rings (SSSR count). The van der Waals surface area contributed by atoms with E-state index in [9.17, 15) is 26.7 Å². The summed E-state index contributed by atoms with van der Waals surface area (Å²) in [5.74, 6) is -0.0736. The number of likely N-dealkylation sites (tertiary alicyclic amines) is 1. The summed E-state index contributed by atoms with van der Waals surface area (Å²) in [7, 11) is -3.36. The van der Waals surface area contributed by atoms with Gasteiger partial charge in [-0.2, -0.15) is 13.2 Å². The van der Waals surface area contributed by atoms with Gasteiger partial charge in [0.2, 0.25) is 10.0 Å². The van der Waals surface area contributed by atoms with Crippen LogP contribution in [0.3, 0.4) is 0 Å². The third kappa shape index (κ3) is 4.27. The van der Waals surface area contributed by atoms with Crippen molar-refractivity contribution in [2.45, 2.75) is 19.1 Å². The molecule has 0 radical (unpaired) electrons. The minimum Gasteiger partial charge on any atom is -0.396 e. The van der Waals surface area contributed by atoms with Crippen LogP contribution in [0.25, 0.3) is 0 Å². The molecule has 0 amide bonds. The highest BCUT2D eigenvalue weighted by Gasteiger charge is 2.51. The molecule has 27 heavy (non-hydrogen) atoms. The van der Waals surface area contributed by atoms with Gasteiger partial charge in [0.15, 0.2) is 0 Å². The first-order valence-electron chi connectivity index (χ1n) is 8.58. The van der Waals surface area contributed by atoms with Crippen LogP contribution >= 0.6 is 11.6 Å². The van der Waals surface area contributed by atoms with Gasteiger partial charge in [-0.1, -0.05) is 11.6 Å². The third-order valence-corrected chi connectivity index (χ3v) is 7.32. The van der Waals surface area contributed by atoms with Gasteiger partial charge >= 0.3 is 6.18 Å². The van der Waals surface area contributed by atoms with E-state index in [2.05, 4.69) is 0 Å². The van der Waals surface area contributed by atoms with E-state index in [1.54, 1.807) is 0 Å². The van der Waals surface area contributed by atoms with Gasteiger partial charge in [0, 0.05) is 36.6 Å².